The number of hydrogen-bond donors (Lipinski definition) is 2. The number of aromatic amines is 1. The summed E-state index contributed by atoms with van der Waals surface area (Å²) < 4.78 is 20.3. The summed E-state index contributed by atoms with van der Waals surface area (Å²) in [6.07, 6.45) is 2.76. The van der Waals surface area contributed by atoms with E-state index in [1.54, 1.807) is 6.07 Å². The van der Waals surface area contributed by atoms with E-state index < -0.39 is 0 Å². The number of para-hydroxylation sites is 2. The molecule has 4 rings (SSSR count). The molecule has 1 heterocycles. The van der Waals surface area contributed by atoms with Crippen molar-refractivity contribution in [2.75, 3.05) is 6.54 Å². The molecule has 0 spiro atoms. The first-order valence-corrected chi connectivity index (χ1v) is 9.59. The topological polar surface area (TPSA) is 51.0 Å². The smallest absolute Gasteiger partial charge is 0.147 e. The summed E-state index contributed by atoms with van der Waals surface area (Å²) in [6, 6.07) is 22.8. The summed E-state index contributed by atoms with van der Waals surface area (Å²) in [4.78, 5) is 3.30. The Morgan fingerprint density at radius 3 is 2.46 bits per heavy atom. The zero-order valence-corrected chi connectivity index (χ0v) is 15.6. The zero-order chi connectivity index (χ0) is 19.3. The molecule has 0 aliphatic rings. The van der Waals surface area contributed by atoms with Gasteiger partial charge in [0, 0.05) is 16.6 Å². The highest BCUT2D eigenvalue weighted by molar-refractivity contribution is 5.91. The van der Waals surface area contributed by atoms with Gasteiger partial charge in [-0.1, -0.05) is 42.5 Å². The number of fused-ring (bicyclic) bond motifs is 1. The van der Waals surface area contributed by atoms with Gasteiger partial charge in [-0.05, 0) is 61.7 Å². The van der Waals surface area contributed by atoms with E-state index in [1.807, 2.05) is 60.7 Å². The van der Waals surface area contributed by atoms with Gasteiger partial charge in [0.2, 0.25) is 0 Å². The van der Waals surface area contributed by atoms with Gasteiger partial charge in [0.15, 0.2) is 0 Å². The number of aromatic nitrogens is 1. The van der Waals surface area contributed by atoms with Crippen LogP contribution in [-0.4, -0.2) is 11.5 Å². The maximum atomic E-state index is 14.4. The molecule has 0 saturated carbocycles. The molecule has 0 radical (unpaired) electrons. The Labute approximate surface area is 164 Å². The summed E-state index contributed by atoms with van der Waals surface area (Å²) in [6.45, 7) is 0.659. The largest absolute Gasteiger partial charge is 0.457 e. The van der Waals surface area contributed by atoms with Crippen LogP contribution in [0.15, 0.2) is 72.8 Å². The Morgan fingerprint density at radius 2 is 1.64 bits per heavy atom. The maximum Gasteiger partial charge on any atom is 0.147 e. The normalized spacial score (nSPS) is 11.1. The molecule has 3 nitrogen and oxygen atoms in total. The van der Waals surface area contributed by atoms with Gasteiger partial charge >= 0.3 is 0 Å². The van der Waals surface area contributed by atoms with E-state index in [2.05, 4.69) is 4.98 Å². The minimum absolute atomic E-state index is 0.236. The van der Waals surface area contributed by atoms with Crippen molar-refractivity contribution in [2.45, 2.75) is 19.3 Å². The molecule has 0 atom stereocenters. The van der Waals surface area contributed by atoms with E-state index in [9.17, 15) is 4.39 Å². The van der Waals surface area contributed by atoms with Crippen LogP contribution in [0.5, 0.6) is 11.5 Å². The van der Waals surface area contributed by atoms with Crippen molar-refractivity contribution in [3.05, 3.63) is 84.2 Å². The van der Waals surface area contributed by atoms with Crippen molar-refractivity contribution >= 4 is 10.9 Å². The van der Waals surface area contributed by atoms with Crippen molar-refractivity contribution in [3.63, 3.8) is 0 Å². The number of halogens is 1. The molecule has 0 saturated heterocycles. The number of unbranched alkanes of at least 4 members (excludes halogenated alkanes) is 1. The lowest BCUT2D eigenvalue weighted by atomic mass is 10.00. The third-order valence-corrected chi connectivity index (χ3v) is 4.87. The molecule has 4 heteroatoms. The number of ether oxygens (including phenoxy) is 1. The number of nitrogens with one attached hydrogen (secondary N) is 1. The van der Waals surface area contributed by atoms with Crippen LogP contribution in [0.1, 0.15) is 18.4 Å². The molecule has 1 aromatic heterocycles. The molecule has 28 heavy (non-hydrogen) atoms. The second kappa shape index (κ2) is 8.28. The SMILES string of the molecule is NCCCCc1c(-c2cccc(Oc3ccccc3)c2)[nH]c2c(F)cccc12. The second-order valence-electron chi connectivity index (χ2n) is 6.83. The maximum absolute atomic E-state index is 14.4. The fraction of sp³-hybridized carbons (Fsp3) is 0.167. The van der Waals surface area contributed by atoms with Crippen LogP contribution in [0.3, 0.4) is 0 Å². The summed E-state index contributed by atoms with van der Waals surface area (Å²) in [5, 5.41) is 0.932. The van der Waals surface area contributed by atoms with Gasteiger partial charge in [-0.25, -0.2) is 4.39 Å². The molecule has 3 aromatic carbocycles. The van der Waals surface area contributed by atoms with Crippen LogP contribution in [0.25, 0.3) is 22.2 Å². The van der Waals surface area contributed by atoms with E-state index >= 15 is 0 Å². The third-order valence-electron chi connectivity index (χ3n) is 4.87. The highest BCUT2D eigenvalue weighted by atomic mass is 19.1. The van der Waals surface area contributed by atoms with E-state index in [0.717, 1.165) is 53.0 Å². The van der Waals surface area contributed by atoms with E-state index in [0.29, 0.717) is 12.1 Å². The summed E-state index contributed by atoms with van der Waals surface area (Å²) >= 11 is 0. The average molecular weight is 374 g/mol. The Kier molecular flexibility index (Phi) is 5.40. The molecule has 0 bridgehead atoms. The monoisotopic (exact) mass is 374 g/mol. The van der Waals surface area contributed by atoms with E-state index in [1.165, 1.54) is 6.07 Å². The summed E-state index contributed by atoms with van der Waals surface area (Å²) in [7, 11) is 0. The van der Waals surface area contributed by atoms with Gasteiger partial charge in [0.25, 0.3) is 0 Å². The standard InChI is InChI=1S/C24H23FN2O/c25-22-14-7-13-21-20(12-4-5-15-26)23(27-24(21)22)17-8-6-11-19(16-17)28-18-9-2-1-3-10-18/h1-3,6-11,13-14,16,27H,4-5,12,15,26H2. The van der Waals surface area contributed by atoms with Crippen LogP contribution >= 0.6 is 0 Å². The molecular formula is C24H23FN2O. The molecule has 0 aliphatic heterocycles. The number of H-pyrrole nitrogens is 1. The lowest BCUT2D eigenvalue weighted by molar-refractivity contribution is 0.483. The van der Waals surface area contributed by atoms with Crippen LogP contribution in [0, 0.1) is 5.82 Å². The van der Waals surface area contributed by atoms with Gasteiger partial charge in [0.05, 0.1) is 5.52 Å². The van der Waals surface area contributed by atoms with Crippen LogP contribution in [-0.2, 0) is 6.42 Å². The van der Waals surface area contributed by atoms with Gasteiger partial charge < -0.3 is 15.5 Å². The van der Waals surface area contributed by atoms with E-state index in [-0.39, 0.29) is 5.82 Å². The first-order valence-electron chi connectivity index (χ1n) is 9.59. The number of aryl methyl sites for hydroxylation is 1. The minimum atomic E-state index is -0.236. The molecule has 142 valence electrons. The van der Waals surface area contributed by atoms with Crippen LogP contribution in [0.2, 0.25) is 0 Å². The van der Waals surface area contributed by atoms with Crippen molar-refractivity contribution in [1.29, 1.82) is 0 Å². The number of hydrogen-bond acceptors (Lipinski definition) is 2. The first kappa shape index (κ1) is 18.3. The molecule has 4 aromatic rings. The Morgan fingerprint density at radius 1 is 0.857 bits per heavy atom. The molecule has 3 N–H and O–H groups in total. The van der Waals surface area contributed by atoms with Crippen LogP contribution in [0.4, 0.5) is 4.39 Å². The summed E-state index contributed by atoms with van der Waals surface area (Å²) in [5.41, 5.74) is 9.26. The minimum Gasteiger partial charge on any atom is -0.457 e. The van der Waals surface area contributed by atoms with Gasteiger partial charge in [-0.2, -0.15) is 0 Å². The fourth-order valence-electron chi connectivity index (χ4n) is 3.53. The molecule has 0 unspecified atom stereocenters. The lowest BCUT2D eigenvalue weighted by Crippen LogP contribution is -1.99. The Bertz CT molecular complexity index is 1070. The Hall–Kier alpha value is -3.11. The lowest BCUT2D eigenvalue weighted by Gasteiger charge is -2.09. The molecule has 0 fully saturated rings. The molecular weight excluding hydrogens is 351 g/mol. The average Bonchev–Trinajstić information content (AvgIpc) is 3.09. The van der Waals surface area contributed by atoms with Crippen molar-refractivity contribution in [2.24, 2.45) is 5.73 Å². The van der Waals surface area contributed by atoms with Crippen molar-refractivity contribution < 1.29 is 9.13 Å². The van der Waals surface area contributed by atoms with Crippen molar-refractivity contribution in [3.8, 4) is 22.8 Å². The molecule has 0 amide bonds. The quantitative estimate of drug-likeness (QED) is 0.387. The number of benzene rings is 3. The zero-order valence-electron chi connectivity index (χ0n) is 15.6. The fourth-order valence-corrected chi connectivity index (χ4v) is 3.53. The first-order chi connectivity index (χ1) is 13.8. The van der Waals surface area contributed by atoms with Gasteiger partial charge in [-0.15, -0.1) is 0 Å². The highest BCUT2D eigenvalue weighted by Crippen LogP contribution is 2.34. The Balaban J connectivity index is 1.74. The van der Waals surface area contributed by atoms with Crippen molar-refractivity contribution in [1.82, 2.24) is 4.98 Å². The van der Waals surface area contributed by atoms with Crippen LogP contribution < -0.4 is 10.5 Å². The van der Waals surface area contributed by atoms with E-state index in [4.69, 9.17) is 10.5 Å². The summed E-state index contributed by atoms with van der Waals surface area (Å²) in [5.74, 6) is 1.29. The molecule has 0 aliphatic carbocycles. The predicted molar refractivity (Wildman–Crippen MR) is 112 cm³/mol. The second-order valence-corrected chi connectivity index (χ2v) is 6.83. The van der Waals surface area contributed by atoms with Gasteiger partial charge in [-0.3, -0.25) is 0 Å². The van der Waals surface area contributed by atoms with Gasteiger partial charge in [0.1, 0.15) is 17.3 Å². The number of rotatable bonds is 7. The number of nitrogens with two attached hydrogens (primary N) is 1. The third kappa shape index (κ3) is 3.78. The highest BCUT2D eigenvalue weighted by Gasteiger charge is 2.15. The predicted octanol–water partition coefficient (Wildman–Crippen LogP) is 6.05.